The molecule has 0 aromatic heterocycles. The Morgan fingerprint density at radius 1 is 0.962 bits per heavy atom. The maximum Gasteiger partial charge on any atom is 0.338 e. The topological polar surface area (TPSA) is 56.8 Å². The molecule has 0 spiro atoms. The number of nitrogens with one attached hydrogen (secondary N) is 1. The molecule has 0 atom stereocenters. The van der Waals surface area contributed by atoms with Crippen molar-refractivity contribution < 1.29 is 19.0 Å². The van der Waals surface area contributed by atoms with Crippen LogP contribution in [0.3, 0.4) is 0 Å². The van der Waals surface area contributed by atoms with Crippen LogP contribution in [0.4, 0.5) is 5.69 Å². The molecule has 0 fully saturated rings. The number of esters is 1. The Balaban J connectivity index is 2.08. The van der Waals surface area contributed by atoms with Gasteiger partial charge in [0.1, 0.15) is 0 Å². The fraction of sp³-hybridized carbons (Fsp3) is 0.350. The number of hydrogen-bond acceptors (Lipinski definition) is 5. The van der Waals surface area contributed by atoms with Gasteiger partial charge in [-0.1, -0.05) is 11.6 Å². The third-order valence-electron chi connectivity index (χ3n) is 3.59. The Kier molecular flexibility index (Phi) is 7.60. The van der Waals surface area contributed by atoms with Crippen molar-refractivity contribution in [2.75, 3.05) is 25.1 Å². The van der Waals surface area contributed by atoms with Crippen molar-refractivity contribution >= 4 is 23.3 Å². The lowest BCUT2D eigenvalue weighted by atomic mass is 10.1. The Hall–Kier alpha value is -2.40. The number of carbonyl (C=O) groups is 1. The third kappa shape index (κ3) is 5.30. The molecule has 0 heterocycles. The van der Waals surface area contributed by atoms with Crippen molar-refractivity contribution in [3.63, 3.8) is 0 Å². The predicted molar refractivity (Wildman–Crippen MR) is 104 cm³/mol. The van der Waals surface area contributed by atoms with Crippen LogP contribution in [-0.4, -0.2) is 25.8 Å². The van der Waals surface area contributed by atoms with E-state index >= 15 is 0 Å². The SMILES string of the molecule is CCOC(=O)c1ccc(NCc2cc(OCC)c(OCC)cc2Cl)cc1. The van der Waals surface area contributed by atoms with Crippen LogP contribution < -0.4 is 14.8 Å². The van der Waals surface area contributed by atoms with Gasteiger partial charge in [-0.15, -0.1) is 0 Å². The Morgan fingerprint density at radius 2 is 1.58 bits per heavy atom. The van der Waals surface area contributed by atoms with Gasteiger partial charge in [-0.25, -0.2) is 4.79 Å². The molecule has 0 unspecified atom stereocenters. The summed E-state index contributed by atoms with van der Waals surface area (Å²) in [5, 5.41) is 3.89. The van der Waals surface area contributed by atoms with Crippen LogP contribution in [-0.2, 0) is 11.3 Å². The highest BCUT2D eigenvalue weighted by molar-refractivity contribution is 6.31. The highest BCUT2D eigenvalue weighted by Crippen LogP contribution is 2.34. The Morgan fingerprint density at radius 3 is 2.15 bits per heavy atom. The van der Waals surface area contributed by atoms with E-state index in [0.717, 1.165) is 11.3 Å². The van der Waals surface area contributed by atoms with Gasteiger partial charge in [0.25, 0.3) is 0 Å². The van der Waals surface area contributed by atoms with E-state index in [4.69, 9.17) is 25.8 Å². The first-order valence-electron chi connectivity index (χ1n) is 8.68. The van der Waals surface area contributed by atoms with Gasteiger partial charge in [0.2, 0.25) is 0 Å². The molecular formula is C20H24ClNO4. The first-order valence-corrected chi connectivity index (χ1v) is 9.05. The summed E-state index contributed by atoms with van der Waals surface area (Å²) in [5.74, 6) is 0.991. The number of anilines is 1. The van der Waals surface area contributed by atoms with E-state index in [2.05, 4.69) is 5.32 Å². The monoisotopic (exact) mass is 377 g/mol. The van der Waals surface area contributed by atoms with Crippen molar-refractivity contribution in [1.82, 2.24) is 0 Å². The predicted octanol–water partition coefficient (Wildman–Crippen LogP) is 4.93. The molecule has 0 amide bonds. The molecule has 0 aliphatic heterocycles. The number of hydrogen-bond donors (Lipinski definition) is 1. The van der Waals surface area contributed by atoms with Gasteiger partial charge in [-0.3, -0.25) is 0 Å². The molecule has 0 aliphatic rings. The van der Waals surface area contributed by atoms with Gasteiger partial charge >= 0.3 is 5.97 Å². The average Bonchev–Trinajstić information content (AvgIpc) is 2.64. The highest BCUT2D eigenvalue weighted by atomic mass is 35.5. The zero-order valence-corrected chi connectivity index (χ0v) is 16.1. The number of carbonyl (C=O) groups excluding carboxylic acids is 1. The highest BCUT2D eigenvalue weighted by Gasteiger charge is 2.11. The second-order valence-electron chi connectivity index (χ2n) is 5.41. The summed E-state index contributed by atoms with van der Waals surface area (Å²) in [7, 11) is 0. The lowest BCUT2D eigenvalue weighted by Gasteiger charge is -2.15. The van der Waals surface area contributed by atoms with Crippen LogP contribution in [0, 0.1) is 0 Å². The molecule has 140 valence electrons. The fourth-order valence-corrected chi connectivity index (χ4v) is 2.61. The van der Waals surface area contributed by atoms with E-state index in [1.165, 1.54) is 0 Å². The van der Waals surface area contributed by atoms with E-state index in [-0.39, 0.29) is 5.97 Å². The summed E-state index contributed by atoms with van der Waals surface area (Å²) in [5.41, 5.74) is 2.30. The quantitative estimate of drug-likeness (QED) is 0.628. The van der Waals surface area contributed by atoms with Crippen molar-refractivity contribution in [1.29, 1.82) is 0 Å². The molecule has 0 saturated heterocycles. The number of benzene rings is 2. The molecule has 0 radical (unpaired) electrons. The van der Waals surface area contributed by atoms with Gasteiger partial charge in [-0.2, -0.15) is 0 Å². The lowest BCUT2D eigenvalue weighted by molar-refractivity contribution is 0.0526. The maximum absolute atomic E-state index is 11.7. The first kappa shape index (κ1) is 19.9. The summed E-state index contributed by atoms with van der Waals surface area (Å²) in [6, 6.07) is 10.8. The molecule has 6 heteroatoms. The van der Waals surface area contributed by atoms with E-state index in [1.54, 1.807) is 25.1 Å². The minimum atomic E-state index is -0.324. The van der Waals surface area contributed by atoms with Gasteiger partial charge < -0.3 is 19.5 Å². The van der Waals surface area contributed by atoms with Gasteiger partial charge in [-0.05, 0) is 56.7 Å². The van der Waals surface area contributed by atoms with Gasteiger partial charge in [0.05, 0.1) is 25.4 Å². The molecule has 0 saturated carbocycles. The Bertz CT molecular complexity index is 731. The average molecular weight is 378 g/mol. The lowest BCUT2D eigenvalue weighted by Crippen LogP contribution is -2.05. The van der Waals surface area contributed by atoms with Crippen LogP contribution in [0.2, 0.25) is 5.02 Å². The molecule has 5 nitrogen and oxygen atoms in total. The van der Waals surface area contributed by atoms with Crippen LogP contribution in [0.15, 0.2) is 36.4 Å². The van der Waals surface area contributed by atoms with Crippen LogP contribution in [0.5, 0.6) is 11.5 Å². The van der Waals surface area contributed by atoms with Gasteiger partial charge in [0.15, 0.2) is 11.5 Å². The first-order chi connectivity index (χ1) is 12.6. The number of halogens is 1. The molecule has 0 bridgehead atoms. The minimum Gasteiger partial charge on any atom is -0.490 e. The minimum absolute atomic E-state index is 0.324. The number of rotatable bonds is 9. The summed E-state index contributed by atoms with van der Waals surface area (Å²) in [6.45, 7) is 7.59. The number of ether oxygens (including phenoxy) is 3. The van der Waals surface area contributed by atoms with E-state index in [0.29, 0.717) is 48.5 Å². The molecule has 26 heavy (non-hydrogen) atoms. The standard InChI is InChI=1S/C20H24ClNO4/c1-4-24-18-11-15(17(21)12-19(18)25-5-2)13-22-16-9-7-14(8-10-16)20(23)26-6-3/h7-12,22H,4-6,13H2,1-3H3. The van der Waals surface area contributed by atoms with Crippen molar-refractivity contribution in [2.45, 2.75) is 27.3 Å². The normalized spacial score (nSPS) is 10.3. The van der Waals surface area contributed by atoms with Crippen molar-refractivity contribution in [3.05, 3.63) is 52.5 Å². The summed E-state index contributed by atoms with van der Waals surface area (Å²) < 4.78 is 16.2. The molecule has 1 N–H and O–H groups in total. The van der Waals surface area contributed by atoms with Crippen LogP contribution >= 0.6 is 11.6 Å². The molecule has 2 aromatic rings. The molecular weight excluding hydrogens is 354 g/mol. The van der Waals surface area contributed by atoms with Crippen LogP contribution in [0.25, 0.3) is 0 Å². The van der Waals surface area contributed by atoms with Crippen LogP contribution in [0.1, 0.15) is 36.7 Å². The smallest absolute Gasteiger partial charge is 0.338 e. The second kappa shape index (κ2) is 9.92. The molecule has 2 aromatic carbocycles. The van der Waals surface area contributed by atoms with E-state index in [9.17, 15) is 4.79 Å². The van der Waals surface area contributed by atoms with E-state index in [1.807, 2.05) is 32.0 Å². The zero-order valence-electron chi connectivity index (χ0n) is 15.3. The fourth-order valence-electron chi connectivity index (χ4n) is 2.39. The zero-order chi connectivity index (χ0) is 18.9. The van der Waals surface area contributed by atoms with Gasteiger partial charge in [0, 0.05) is 23.3 Å². The maximum atomic E-state index is 11.7. The largest absolute Gasteiger partial charge is 0.490 e. The molecule has 0 aliphatic carbocycles. The van der Waals surface area contributed by atoms with Crippen molar-refractivity contribution in [3.8, 4) is 11.5 Å². The third-order valence-corrected chi connectivity index (χ3v) is 3.94. The van der Waals surface area contributed by atoms with Crippen molar-refractivity contribution in [2.24, 2.45) is 0 Å². The second-order valence-corrected chi connectivity index (χ2v) is 5.81. The summed E-state index contributed by atoms with van der Waals surface area (Å²) in [4.78, 5) is 11.7. The summed E-state index contributed by atoms with van der Waals surface area (Å²) >= 11 is 6.37. The van der Waals surface area contributed by atoms with E-state index < -0.39 is 0 Å². The Labute approximate surface area is 159 Å². The summed E-state index contributed by atoms with van der Waals surface area (Å²) in [6.07, 6.45) is 0. The molecule has 2 rings (SSSR count).